The van der Waals surface area contributed by atoms with E-state index in [0.717, 1.165) is 32.2 Å². The lowest BCUT2D eigenvalue weighted by Gasteiger charge is -2.31. The Balaban J connectivity index is 1.88. The maximum absolute atomic E-state index is 12.4. The highest BCUT2D eigenvalue weighted by Crippen LogP contribution is 2.20. The average Bonchev–Trinajstić information content (AvgIpc) is 2.98. The van der Waals surface area contributed by atoms with Crippen LogP contribution in [0.4, 0.5) is 0 Å². The van der Waals surface area contributed by atoms with Gasteiger partial charge >= 0.3 is 11.7 Å². The van der Waals surface area contributed by atoms with Gasteiger partial charge in [-0.2, -0.15) is 0 Å². The van der Waals surface area contributed by atoms with Gasteiger partial charge < -0.3 is 9.30 Å². The number of esters is 1. The summed E-state index contributed by atoms with van der Waals surface area (Å²) in [5, 5.41) is 0. The van der Waals surface area contributed by atoms with E-state index in [4.69, 9.17) is 4.74 Å². The highest BCUT2D eigenvalue weighted by molar-refractivity contribution is 5.73. The Labute approximate surface area is 163 Å². The van der Waals surface area contributed by atoms with Gasteiger partial charge in [-0.1, -0.05) is 13.3 Å². The summed E-state index contributed by atoms with van der Waals surface area (Å²) >= 11 is 0. The number of aryl methyl sites for hydroxylation is 2. The number of unbranched alkanes of at least 4 members (excludes halogenated alkanes) is 1. The normalized spacial score (nSPS) is 17.9. The number of piperidine rings is 1. The van der Waals surface area contributed by atoms with Gasteiger partial charge in [-0.15, -0.1) is 0 Å². The number of hydrogen-bond donors (Lipinski definition) is 1. The Hall–Kier alpha value is -2.42. The summed E-state index contributed by atoms with van der Waals surface area (Å²) in [6.07, 6.45) is 3.51. The molecule has 2 aromatic heterocycles. The van der Waals surface area contributed by atoms with Crippen LogP contribution in [0.3, 0.4) is 0 Å². The maximum atomic E-state index is 12.4. The van der Waals surface area contributed by atoms with Crippen molar-refractivity contribution in [3.63, 3.8) is 0 Å². The lowest BCUT2D eigenvalue weighted by molar-refractivity contribution is -0.150. The van der Waals surface area contributed by atoms with Crippen LogP contribution in [0.1, 0.15) is 45.4 Å². The molecule has 3 heterocycles. The molecule has 1 unspecified atom stereocenters. The second kappa shape index (κ2) is 8.72. The summed E-state index contributed by atoms with van der Waals surface area (Å²) in [6.45, 7) is 6.76. The fourth-order valence-electron chi connectivity index (χ4n) is 3.81. The van der Waals surface area contributed by atoms with Crippen molar-refractivity contribution in [1.82, 2.24) is 24.0 Å². The zero-order chi connectivity index (χ0) is 20.3. The standard InChI is InChI=1S/C19H29N5O4/c1-4-6-10-24-16-15(17(25)21-19(24)27)22(3)14(20-16)12-23-9-7-8-13(11-23)18(26)28-5-2/h13H,4-12H2,1-3H3,(H,21,25,27). The fourth-order valence-corrected chi connectivity index (χ4v) is 3.81. The van der Waals surface area contributed by atoms with E-state index < -0.39 is 11.2 Å². The summed E-state index contributed by atoms with van der Waals surface area (Å²) in [5.74, 6) is 0.428. The fraction of sp³-hybridized carbons (Fsp3) is 0.684. The lowest BCUT2D eigenvalue weighted by Crippen LogP contribution is -2.39. The van der Waals surface area contributed by atoms with Gasteiger partial charge in [0.25, 0.3) is 5.56 Å². The third kappa shape index (κ3) is 4.04. The molecule has 0 bridgehead atoms. The second-order valence-corrected chi connectivity index (χ2v) is 7.35. The summed E-state index contributed by atoms with van der Waals surface area (Å²) in [6, 6.07) is 0. The first-order valence-corrected chi connectivity index (χ1v) is 10.0. The van der Waals surface area contributed by atoms with Crippen LogP contribution >= 0.6 is 0 Å². The molecule has 1 aliphatic rings. The molecule has 0 saturated carbocycles. The molecule has 0 aromatic carbocycles. The maximum Gasteiger partial charge on any atom is 0.330 e. The Morgan fingerprint density at radius 3 is 2.82 bits per heavy atom. The number of imidazole rings is 1. The molecule has 1 aliphatic heterocycles. The number of aromatic nitrogens is 4. The van der Waals surface area contributed by atoms with Crippen molar-refractivity contribution in [2.75, 3.05) is 19.7 Å². The second-order valence-electron chi connectivity index (χ2n) is 7.35. The molecule has 0 amide bonds. The van der Waals surface area contributed by atoms with Gasteiger partial charge in [-0.3, -0.25) is 24.0 Å². The van der Waals surface area contributed by atoms with Gasteiger partial charge in [0.15, 0.2) is 11.2 Å². The molecule has 1 atom stereocenters. The lowest BCUT2D eigenvalue weighted by atomic mass is 9.98. The highest BCUT2D eigenvalue weighted by Gasteiger charge is 2.28. The number of hydrogen-bond acceptors (Lipinski definition) is 6. The number of H-pyrrole nitrogens is 1. The number of carbonyl (C=O) groups excluding carboxylic acids is 1. The molecule has 3 rings (SSSR count). The number of likely N-dealkylation sites (tertiary alicyclic amines) is 1. The minimum Gasteiger partial charge on any atom is -0.466 e. The summed E-state index contributed by atoms with van der Waals surface area (Å²) in [5.41, 5.74) is -0.00343. The molecule has 2 aromatic rings. The Kier molecular flexibility index (Phi) is 6.33. The Bertz CT molecular complexity index is 958. The number of fused-ring (bicyclic) bond motifs is 1. The molecule has 1 fully saturated rings. The van der Waals surface area contributed by atoms with E-state index in [2.05, 4.69) is 14.9 Å². The van der Waals surface area contributed by atoms with Crippen LogP contribution in [-0.2, 0) is 29.7 Å². The van der Waals surface area contributed by atoms with Crippen LogP contribution in [0.25, 0.3) is 11.2 Å². The monoisotopic (exact) mass is 391 g/mol. The number of carbonyl (C=O) groups is 1. The van der Waals surface area contributed by atoms with E-state index in [1.807, 2.05) is 13.8 Å². The van der Waals surface area contributed by atoms with E-state index in [9.17, 15) is 14.4 Å². The molecule has 28 heavy (non-hydrogen) atoms. The van der Waals surface area contributed by atoms with Crippen LogP contribution in [0.2, 0.25) is 0 Å². The van der Waals surface area contributed by atoms with Crippen LogP contribution in [-0.4, -0.2) is 49.7 Å². The molecule has 0 aliphatic carbocycles. The van der Waals surface area contributed by atoms with Crippen LogP contribution in [0, 0.1) is 5.92 Å². The van der Waals surface area contributed by atoms with Crippen molar-refractivity contribution < 1.29 is 9.53 Å². The third-order valence-electron chi connectivity index (χ3n) is 5.33. The van der Waals surface area contributed by atoms with Crippen molar-refractivity contribution in [1.29, 1.82) is 0 Å². The molecule has 9 heteroatoms. The minimum absolute atomic E-state index is 0.130. The molecule has 0 radical (unpaired) electrons. The molecular weight excluding hydrogens is 362 g/mol. The number of aromatic amines is 1. The van der Waals surface area contributed by atoms with E-state index in [1.165, 1.54) is 0 Å². The largest absolute Gasteiger partial charge is 0.466 e. The Morgan fingerprint density at radius 1 is 1.32 bits per heavy atom. The van der Waals surface area contributed by atoms with Gasteiger partial charge in [0, 0.05) is 20.1 Å². The number of ether oxygens (including phenoxy) is 1. The van der Waals surface area contributed by atoms with Gasteiger partial charge in [0.05, 0.1) is 19.1 Å². The summed E-state index contributed by atoms with van der Waals surface area (Å²) in [4.78, 5) is 45.9. The first kappa shape index (κ1) is 20.3. The molecular formula is C19H29N5O4. The topological polar surface area (TPSA) is 102 Å². The van der Waals surface area contributed by atoms with Crippen molar-refractivity contribution in [2.24, 2.45) is 13.0 Å². The smallest absolute Gasteiger partial charge is 0.330 e. The van der Waals surface area contributed by atoms with Gasteiger partial charge in [-0.25, -0.2) is 9.78 Å². The molecule has 9 nitrogen and oxygen atoms in total. The third-order valence-corrected chi connectivity index (χ3v) is 5.33. The van der Waals surface area contributed by atoms with Crippen molar-refractivity contribution in [3.05, 3.63) is 26.7 Å². The molecule has 0 spiro atoms. The van der Waals surface area contributed by atoms with Crippen molar-refractivity contribution in [3.8, 4) is 0 Å². The number of nitrogens with zero attached hydrogens (tertiary/aromatic N) is 4. The van der Waals surface area contributed by atoms with Crippen molar-refractivity contribution in [2.45, 2.75) is 52.6 Å². The van der Waals surface area contributed by atoms with Gasteiger partial charge in [0.1, 0.15) is 5.82 Å². The van der Waals surface area contributed by atoms with E-state index in [1.54, 1.807) is 16.2 Å². The van der Waals surface area contributed by atoms with Crippen molar-refractivity contribution >= 4 is 17.1 Å². The predicted octanol–water partition coefficient (Wildman–Crippen LogP) is 0.999. The zero-order valence-electron chi connectivity index (χ0n) is 16.9. The van der Waals surface area contributed by atoms with E-state index >= 15 is 0 Å². The first-order valence-electron chi connectivity index (χ1n) is 10.0. The van der Waals surface area contributed by atoms with Crippen LogP contribution < -0.4 is 11.2 Å². The zero-order valence-corrected chi connectivity index (χ0v) is 16.9. The van der Waals surface area contributed by atoms with Crippen LogP contribution in [0.5, 0.6) is 0 Å². The van der Waals surface area contributed by atoms with Gasteiger partial charge in [0.2, 0.25) is 0 Å². The SMILES string of the molecule is CCCCn1c(=O)[nH]c(=O)c2c1nc(CN1CCCC(C(=O)OCC)C1)n2C. The highest BCUT2D eigenvalue weighted by atomic mass is 16.5. The molecule has 1 N–H and O–H groups in total. The molecule has 154 valence electrons. The minimum atomic E-state index is -0.420. The molecule has 1 saturated heterocycles. The quantitative estimate of drug-likeness (QED) is 0.707. The summed E-state index contributed by atoms with van der Waals surface area (Å²) < 4.78 is 8.46. The van der Waals surface area contributed by atoms with Gasteiger partial charge in [-0.05, 0) is 32.7 Å². The first-order chi connectivity index (χ1) is 13.5. The van der Waals surface area contributed by atoms with E-state index in [-0.39, 0.29) is 11.9 Å². The number of rotatable bonds is 7. The Morgan fingerprint density at radius 2 is 2.11 bits per heavy atom. The number of nitrogens with one attached hydrogen (secondary N) is 1. The van der Waals surface area contributed by atoms with E-state index in [0.29, 0.717) is 43.2 Å². The average molecular weight is 391 g/mol. The predicted molar refractivity (Wildman–Crippen MR) is 105 cm³/mol. The van der Waals surface area contributed by atoms with Crippen LogP contribution in [0.15, 0.2) is 9.59 Å². The summed E-state index contributed by atoms with van der Waals surface area (Å²) in [7, 11) is 1.79.